The van der Waals surface area contributed by atoms with Crippen LogP contribution in [0.1, 0.15) is 37.2 Å². The molecule has 1 aromatic carbocycles. The van der Waals surface area contributed by atoms with Crippen LogP contribution in [-0.4, -0.2) is 48.9 Å². The molecule has 3 fully saturated rings. The summed E-state index contributed by atoms with van der Waals surface area (Å²) in [5.74, 6) is 0.0383. The number of piperidine rings is 3. The summed E-state index contributed by atoms with van der Waals surface area (Å²) in [7, 11) is 0. The van der Waals surface area contributed by atoms with Crippen molar-refractivity contribution in [3.8, 4) is 0 Å². The van der Waals surface area contributed by atoms with E-state index in [9.17, 15) is 9.90 Å². The van der Waals surface area contributed by atoms with Crippen LogP contribution in [0.2, 0.25) is 0 Å². The van der Waals surface area contributed by atoms with Crippen LogP contribution in [-0.2, 0) is 9.53 Å². The maximum atomic E-state index is 10.9. The monoisotopic (exact) mass is 350 g/mol. The number of carboxylic acid groups (broad SMARTS) is 1. The van der Waals surface area contributed by atoms with Crippen molar-refractivity contribution >= 4 is 11.7 Å². The number of fused-ring (bicyclic) bond motifs is 3. The van der Waals surface area contributed by atoms with Gasteiger partial charge in [0.15, 0.2) is 0 Å². The van der Waals surface area contributed by atoms with E-state index >= 15 is 0 Å². The Hall–Kier alpha value is -0.590. The number of rotatable bonds is 3. The number of carboxylic acids is 1. The molecule has 5 unspecified atom stereocenters. The van der Waals surface area contributed by atoms with Crippen LogP contribution >= 0.6 is 0 Å². The zero-order chi connectivity index (χ0) is 16.3. The molecule has 0 aliphatic carbocycles. The van der Waals surface area contributed by atoms with Crippen LogP contribution < -0.4 is 39.6 Å². The molecule has 6 heteroatoms. The maximum absolute atomic E-state index is 10.9. The molecule has 25 heavy (non-hydrogen) atoms. The third-order valence-corrected chi connectivity index (χ3v) is 6.56. The van der Waals surface area contributed by atoms with Gasteiger partial charge in [-0.1, -0.05) is 18.2 Å². The third-order valence-electron chi connectivity index (χ3n) is 6.56. The fourth-order valence-electron chi connectivity index (χ4n) is 5.83. The minimum Gasteiger partial charge on any atom is -0.548 e. The molecule has 4 heterocycles. The maximum Gasteiger partial charge on any atom is 1.00 e. The molecule has 4 aliphatic heterocycles. The van der Waals surface area contributed by atoms with E-state index in [4.69, 9.17) is 4.74 Å². The van der Waals surface area contributed by atoms with Gasteiger partial charge in [-0.3, -0.25) is 4.90 Å². The molecule has 0 N–H and O–H groups in total. The van der Waals surface area contributed by atoms with Crippen molar-refractivity contribution in [3.05, 3.63) is 29.8 Å². The molecule has 5 nitrogen and oxygen atoms in total. The van der Waals surface area contributed by atoms with Gasteiger partial charge in [-0.15, -0.1) is 0 Å². The molecular formula is C19H23N2NaO3. The first-order valence-electron chi connectivity index (χ1n) is 9.17. The van der Waals surface area contributed by atoms with E-state index in [0.29, 0.717) is 23.9 Å². The number of nitrogens with zero attached hydrogens (tertiary/aromatic N) is 2. The summed E-state index contributed by atoms with van der Waals surface area (Å²) in [6, 6.07) is 9.66. The predicted molar refractivity (Wildman–Crippen MR) is 87.5 cm³/mol. The summed E-state index contributed by atoms with van der Waals surface area (Å²) in [4.78, 5) is 16.0. The van der Waals surface area contributed by atoms with E-state index in [0.717, 1.165) is 6.42 Å². The molecule has 0 aromatic heterocycles. The van der Waals surface area contributed by atoms with Gasteiger partial charge in [0.2, 0.25) is 0 Å². The van der Waals surface area contributed by atoms with Gasteiger partial charge in [0, 0.05) is 17.6 Å². The number of benzene rings is 1. The summed E-state index contributed by atoms with van der Waals surface area (Å²) in [6.07, 6.45) is 4.46. The molecule has 0 radical (unpaired) electrons. The number of carbonyl (C=O) groups is 1. The van der Waals surface area contributed by atoms with Crippen LogP contribution in [0.4, 0.5) is 5.69 Å². The number of hydrogen-bond donors (Lipinski definition) is 0. The van der Waals surface area contributed by atoms with Crippen molar-refractivity contribution in [2.45, 2.75) is 49.9 Å². The Morgan fingerprint density at radius 2 is 2.04 bits per heavy atom. The number of hydrogen-bond acceptors (Lipinski definition) is 5. The van der Waals surface area contributed by atoms with Crippen molar-refractivity contribution in [3.63, 3.8) is 0 Å². The van der Waals surface area contributed by atoms with E-state index in [-0.39, 0.29) is 42.4 Å². The molecule has 1 aromatic rings. The number of anilines is 1. The zero-order valence-corrected chi connectivity index (χ0v) is 16.8. The SMILES string of the molecule is O=C([O-])COC1CC2CCCN3CCC4c5ccccc5N1C4C23.[Na+]. The minimum absolute atomic E-state index is 0. The first-order valence-corrected chi connectivity index (χ1v) is 9.17. The van der Waals surface area contributed by atoms with Gasteiger partial charge in [-0.05, 0) is 56.3 Å². The molecule has 0 saturated carbocycles. The van der Waals surface area contributed by atoms with Crippen molar-refractivity contribution in [2.24, 2.45) is 5.92 Å². The van der Waals surface area contributed by atoms with E-state index in [2.05, 4.69) is 34.1 Å². The second-order valence-electron chi connectivity index (χ2n) is 7.65. The Labute approximate surface area is 170 Å². The van der Waals surface area contributed by atoms with Crippen LogP contribution in [0, 0.1) is 5.92 Å². The number of aliphatic carboxylic acids is 1. The number of carbonyl (C=O) groups excluding carboxylic acids is 1. The van der Waals surface area contributed by atoms with E-state index in [1.165, 1.54) is 43.6 Å². The second-order valence-corrected chi connectivity index (χ2v) is 7.65. The molecule has 0 amide bonds. The predicted octanol–water partition coefficient (Wildman–Crippen LogP) is -2.06. The van der Waals surface area contributed by atoms with Gasteiger partial charge >= 0.3 is 29.6 Å². The van der Waals surface area contributed by atoms with Crippen molar-refractivity contribution in [1.82, 2.24) is 4.90 Å². The van der Waals surface area contributed by atoms with Crippen LogP contribution in [0.25, 0.3) is 0 Å². The van der Waals surface area contributed by atoms with Crippen LogP contribution in [0.5, 0.6) is 0 Å². The van der Waals surface area contributed by atoms with Gasteiger partial charge in [0.25, 0.3) is 0 Å². The van der Waals surface area contributed by atoms with Crippen molar-refractivity contribution in [1.29, 1.82) is 0 Å². The molecule has 4 aliphatic rings. The fourth-order valence-corrected chi connectivity index (χ4v) is 5.83. The molecular weight excluding hydrogens is 327 g/mol. The Morgan fingerprint density at radius 1 is 1.20 bits per heavy atom. The first-order chi connectivity index (χ1) is 11.7. The first kappa shape index (κ1) is 17.8. The molecule has 0 bridgehead atoms. The fraction of sp³-hybridized carbons (Fsp3) is 0.632. The van der Waals surface area contributed by atoms with Crippen LogP contribution in [0.3, 0.4) is 0 Å². The number of ether oxygens (including phenoxy) is 1. The normalized spacial score (nSPS) is 35.5. The van der Waals surface area contributed by atoms with Gasteiger partial charge in [-0.25, -0.2) is 0 Å². The van der Waals surface area contributed by atoms with Crippen molar-refractivity contribution in [2.75, 3.05) is 24.6 Å². The molecule has 128 valence electrons. The zero-order valence-electron chi connectivity index (χ0n) is 14.8. The summed E-state index contributed by atoms with van der Waals surface area (Å²) in [5, 5.41) is 10.9. The summed E-state index contributed by atoms with van der Waals surface area (Å²) < 4.78 is 5.82. The largest absolute Gasteiger partial charge is 1.00 e. The number of para-hydroxylation sites is 1. The molecule has 0 spiro atoms. The van der Waals surface area contributed by atoms with Crippen molar-refractivity contribution < 1.29 is 44.2 Å². The molecule has 3 saturated heterocycles. The average Bonchev–Trinajstić information content (AvgIpc) is 2.94. The molecule has 5 atom stereocenters. The topological polar surface area (TPSA) is 55.8 Å². The van der Waals surface area contributed by atoms with Gasteiger partial charge in [0.1, 0.15) is 6.23 Å². The van der Waals surface area contributed by atoms with Gasteiger partial charge < -0.3 is 19.5 Å². The summed E-state index contributed by atoms with van der Waals surface area (Å²) in [6.45, 7) is 2.08. The Kier molecular flexibility index (Phi) is 4.88. The summed E-state index contributed by atoms with van der Waals surface area (Å²) >= 11 is 0. The quantitative estimate of drug-likeness (QED) is 0.587. The Morgan fingerprint density at radius 3 is 2.88 bits per heavy atom. The third kappa shape index (κ3) is 2.76. The van der Waals surface area contributed by atoms with E-state index in [1.54, 1.807) is 0 Å². The minimum atomic E-state index is -1.13. The van der Waals surface area contributed by atoms with Gasteiger partial charge in [0.05, 0.1) is 18.6 Å². The van der Waals surface area contributed by atoms with Crippen LogP contribution in [0.15, 0.2) is 24.3 Å². The standard InChI is InChI=1S/C19H24N2O3.Na/c22-17(23)11-24-16-10-12-4-3-8-20-9-7-14-13-5-1-2-6-15(13)21(16)19(14)18(12)20;/h1-2,5-6,12,14,16,18-19H,3-4,7-11H2,(H,22,23);/q;+1/p-1. The second kappa shape index (κ2) is 6.86. The Bertz CT molecular complexity index is 670. The van der Waals surface area contributed by atoms with E-state index < -0.39 is 5.97 Å². The molecule has 5 rings (SSSR count). The average molecular weight is 350 g/mol. The van der Waals surface area contributed by atoms with E-state index in [1.807, 2.05) is 0 Å². The van der Waals surface area contributed by atoms with Gasteiger partial charge in [-0.2, -0.15) is 0 Å². The Balaban J connectivity index is 0.00000157. The summed E-state index contributed by atoms with van der Waals surface area (Å²) in [5.41, 5.74) is 2.68. The smallest absolute Gasteiger partial charge is 0.548 e.